The third kappa shape index (κ3) is 2.62. The van der Waals surface area contributed by atoms with Crippen LogP contribution < -0.4 is 5.73 Å². The zero-order chi connectivity index (χ0) is 15.0. The normalized spacial score (nSPS) is 12.3. The third-order valence-corrected chi connectivity index (χ3v) is 4.54. The van der Waals surface area contributed by atoms with E-state index in [1.807, 2.05) is 0 Å². The van der Waals surface area contributed by atoms with Gasteiger partial charge in [-0.25, -0.2) is 8.42 Å². The Balaban J connectivity index is 2.49. The van der Waals surface area contributed by atoms with Crippen molar-refractivity contribution >= 4 is 15.5 Å². The number of rotatable bonds is 2. The van der Waals surface area contributed by atoms with Gasteiger partial charge in [-0.05, 0) is 36.4 Å². The van der Waals surface area contributed by atoms with E-state index in [1.54, 1.807) is 6.07 Å². The molecule has 2 aromatic rings. The smallest absolute Gasteiger partial charge is 0.398 e. The van der Waals surface area contributed by atoms with Crippen LogP contribution in [-0.4, -0.2) is 8.42 Å². The molecule has 2 aromatic carbocycles. The van der Waals surface area contributed by atoms with Crippen LogP contribution in [0.25, 0.3) is 0 Å². The van der Waals surface area contributed by atoms with E-state index in [2.05, 4.69) is 0 Å². The highest BCUT2D eigenvalue weighted by molar-refractivity contribution is 7.91. The van der Waals surface area contributed by atoms with Gasteiger partial charge in [-0.1, -0.05) is 12.1 Å². The molecule has 0 aliphatic carbocycles. The number of benzene rings is 2. The Morgan fingerprint density at radius 1 is 0.900 bits per heavy atom. The first kappa shape index (κ1) is 14.4. The molecule has 0 atom stereocenters. The summed E-state index contributed by atoms with van der Waals surface area (Å²) in [5.41, 5.74) is 4.73. The number of anilines is 1. The molecule has 0 aromatic heterocycles. The Morgan fingerprint density at radius 3 is 1.95 bits per heavy atom. The lowest BCUT2D eigenvalue weighted by atomic mass is 10.2. The van der Waals surface area contributed by atoms with E-state index in [1.165, 1.54) is 18.2 Å². The van der Waals surface area contributed by atoms with Crippen LogP contribution in [0.4, 0.5) is 18.9 Å². The Morgan fingerprint density at radius 2 is 1.45 bits per heavy atom. The van der Waals surface area contributed by atoms with Crippen LogP contribution in [0.3, 0.4) is 0 Å². The van der Waals surface area contributed by atoms with Crippen molar-refractivity contribution in [2.24, 2.45) is 0 Å². The molecular formula is C13H10F3NO2S. The maximum absolute atomic E-state index is 12.4. The van der Waals surface area contributed by atoms with Gasteiger partial charge in [0.15, 0.2) is 0 Å². The Kier molecular flexibility index (Phi) is 3.47. The molecule has 3 nitrogen and oxygen atoms in total. The summed E-state index contributed by atoms with van der Waals surface area (Å²) in [6.45, 7) is 0. The van der Waals surface area contributed by atoms with E-state index in [9.17, 15) is 21.6 Å². The summed E-state index contributed by atoms with van der Waals surface area (Å²) in [7, 11) is -3.92. The standard InChI is InChI=1S/C13H10F3NO2S/c14-13(15,16)9-5-7-10(8-6-9)20(18,19)12-4-2-1-3-11(12)17/h1-8H,17H2. The van der Waals surface area contributed by atoms with Gasteiger partial charge in [0.05, 0.1) is 21.0 Å². The SMILES string of the molecule is Nc1ccccc1S(=O)(=O)c1ccc(C(F)(F)F)cc1. The predicted octanol–water partition coefficient (Wildman–Crippen LogP) is 3.12. The van der Waals surface area contributed by atoms with Crippen molar-refractivity contribution in [1.29, 1.82) is 0 Å². The fourth-order valence-electron chi connectivity index (χ4n) is 1.68. The van der Waals surface area contributed by atoms with Crippen LogP contribution in [-0.2, 0) is 16.0 Å². The van der Waals surface area contributed by atoms with Gasteiger partial charge in [-0.15, -0.1) is 0 Å². The first-order chi connectivity index (χ1) is 9.23. The minimum atomic E-state index is -4.51. The van der Waals surface area contributed by atoms with Gasteiger partial charge in [0, 0.05) is 0 Å². The summed E-state index contributed by atoms with van der Waals surface area (Å²) in [5, 5.41) is 0. The average Bonchev–Trinajstić information content (AvgIpc) is 2.38. The number of hydrogen-bond acceptors (Lipinski definition) is 3. The maximum Gasteiger partial charge on any atom is 0.416 e. The average molecular weight is 301 g/mol. The van der Waals surface area contributed by atoms with Gasteiger partial charge < -0.3 is 5.73 Å². The van der Waals surface area contributed by atoms with Crippen LogP contribution in [0, 0.1) is 0 Å². The second-order valence-electron chi connectivity index (χ2n) is 4.06. The van der Waals surface area contributed by atoms with E-state index in [0.717, 1.165) is 24.3 Å². The van der Waals surface area contributed by atoms with Crippen LogP contribution in [0.15, 0.2) is 58.3 Å². The Labute approximate surface area is 113 Å². The second-order valence-corrected chi connectivity index (χ2v) is 5.98. The number of hydrogen-bond donors (Lipinski definition) is 1. The highest BCUT2D eigenvalue weighted by Crippen LogP contribution is 2.31. The predicted molar refractivity (Wildman–Crippen MR) is 67.8 cm³/mol. The number of nitrogens with two attached hydrogens (primary N) is 1. The van der Waals surface area contributed by atoms with Gasteiger partial charge in [-0.3, -0.25) is 0 Å². The zero-order valence-electron chi connectivity index (χ0n) is 10.1. The van der Waals surface area contributed by atoms with Crippen molar-refractivity contribution in [2.75, 3.05) is 5.73 Å². The molecule has 20 heavy (non-hydrogen) atoms. The quantitative estimate of drug-likeness (QED) is 0.867. The number of alkyl halides is 3. The maximum atomic E-state index is 12.4. The minimum Gasteiger partial charge on any atom is -0.398 e. The van der Waals surface area contributed by atoms with E-state index >= 15 is 0 Å². The first-order valence-electron chi connectivity index (χ1n) is 5.50. The van der Waals surface area contributed by atoms with E-state index in [4.69, 9.17) is 5.73 Å². The summed E-state index contributed by atoms with van der Waals surface area (Å²) < 4.78 is 61.8. The minimum absolute atomic E-state index is 0.0485. The molecule has 0 unspecified atom stereocenters. The fraction of sp³-hybridized carbons (Fsp3) is 0.0769. The highest BCUT2D eigenvalue weighted by atomic mass is 32.2. The van der Waals surface area contributed by atoms with Gasteiger partial charge in [0.25, 0.3) is 0 Å². The van der Waals surface area contributed by atoms with E-state index in [-0.39, 0.29) is 15.5 Å². The van der Waals surface area contributed by atoms with Crippen molar-refractivity contribution in [2.45, 2.75) is 16.0 Å². The molecule has 0 fully saturated rings. The van der Waals surface area contributed by atoms with Crippen molar-refractivity contribution in [3.63, 3.8) is 0 Å². The van der Waals surface area contributed by atoms with Crippen LogP contribution >= 0.6 is 0 Å². The lowest BCUT2D eigenvalue weighted by Gasteiger charge is -2.09. The fourth-order valence-corrected chi connectivity index (χ4v) is 3.06. The monoisotopic (exact) mass is 301 g/mol. The lowest BCUT2D eigenvalue weighted by Crippen LogP contribution is -2.08. The zero-order valence-corrected chi connectivity index (χ0v) is 10.9. The molecule has 0 bridgehead atoms. The lowest BCUT2D eigenvalue weighted by molar-refractivity contribution is -0.137. The summed E-state index contributed by atoms with van der Waals surface area (Å²) in [6, 6.07) is 9.08. The number of nitrogen functional groups attached to an aromatic ring is 1. The van der Waals surface area contributed by atoms with Crippen molar-refractivity contribution in [3.8, 4) is 0 Å². The molecule has 2 rings (SSSR count). The van der Waals surface area contributed by atoms with E-state index in [0.29, 0.717) is 0 Å². The van der Waals surface area contributed by atoms with Gasteiger partial charge in [0.1, 0.15) is 0 Å². The van der Waals surface area contributed by atoms with E-state index < -0.39 is 21.6 Å². The van der Waals surface area contributed by atoms with Crippen LogP contribution in [0.1, 0.15) is 5.56 Å². The summed E-state index contributed by atoms with van der Waals surface area (Å²) in [4.78, 5) is -0.358. The molecule has 0 aliphatic rings. The molecule has 0 saturated heterocycles. The van der Waals surface area contributed by atoms with Gasteiger partial charge in [-0.2, -0.15) is 13.2 Å². The molecular weight excluding hydrogens is 291 g/mol. The number of sulfone groups is 1. The summed E-state index contributed by atoms with van der Waals surface area (Å²) >= 11 is 0. The van der Waals surface area contributed by atoms with Crippen molar-refractivity contribution in [3.05, 3.63) is 54.1 Å². The van der Waals surface area contributed by atoms with Crippen LogP contribution in [0.2, 0.25) is 0 Å². The Hall–Kier alpha value is -2.02. The molecule has 0 amide bonds. The molecule has 0 heterocycles. The number of para-hydroxylation sites is 1. The molecule has 0 radical (unpaired) electrons. The second kappa shape index (κ2) is 4.82. The highest BCUT2D eigenvalue weighted by Gasteiger charge is 2.31. The molecule has 0 saturated carbocycles. The summed E-state index contributed by atoms with van der Waals surface area (Å²) in [6.07, 6.45) is -4.51. The van der Waals surface area contributed by atoms with Gasteiger partial charge in [0.2, 0.25) is 9.84 Å². The molecule has 7 heteroatoms. The van der Waals surface area contributed by atoms with Crippen LogP contribution in [0.5, 0.6) is 0 Å². The number of halogens is 3. The molecule has 0 spiro atoms. The van der Waals surface area contributed by atoms with Gasteiger partial charge >= 0.3 is 6.18 Å². The van der Waals surface area contributed by atoms with Crippen molar-refractivity contribution in [1.82, 2.24) is 0 Å². The largest absolute Gasteiger partial charge is 0.416 e. The van der Waals surface area contributed by atoms with Crippen molar-refractivity contribution < 1.29 is 21.6 Å². The summed E-state index contributed by atoms with van der Waals surface area (Å²) in [5.74, 6) is 0. The molecule has 106 valence electrons. The first-order valence-corrected chi connectivity index (χ1v) is 6.98. The topological polar surface area (TPSA) is 60.2 Å². The molecule has 0 aliphatic heterocycles. The molecule has 2 N–H and O–H groups in total. The Bertz CT molecular complexity index is 722. The third-order valence-electron chi connectivity index (χ3n) is 2.70.